The fourth-order valence-electron chi connectivity index (χ4n) is 2.02. The lowest BCUT2D eigenvalue weighted by Crippen LogP contribution is -2.10. The molecule has 0 spiro atoms. The van der Waals surface area contributed by atoms with Gasteiger partial charge >= 0.3 is 6.18 Å². The quantitative estimate of drug-likeness (QED) is 0.907. The van der Waals surface area contributed by atoms with Crippen molar-refractivity contribution in [3.8, 4) is 0 Å². The van der Waals surface area contributed by atoms with E-state index in [1.807, 2.05) is 22.9 Å². The molecule has 0 radical (unpaired) electrons. The molecule has 0 saturated carbocycles. The summed E-state index contributed by atoms with van der Waals surface area (Å²) in [6.07, 6.45) is -1.73. The van der Waals surface area contributed by atoms with Crippen LogP contribution in [0.5, 0.6) is 0 Å². The zero-order valence-electron chi connectivity index (χ0n) is 10.3. The molecule has 0 unspecified atom stereocenters. The largest absolute Gasteiger partial charge is 0.416 e. The molecule has 0 bridgehead atoms. The van der Waals surface area contributed by atoms with Crippen LogP contribution in [-0.2, 0) is 19.1 Å². The van der Waals surface area contributed by atoms with E-state index in [1.165, 1.54) is 12.1 Å². The molecular formula is C14H15F3N2. The molecule has 1 aromatic carbocycles. The molecule has 2 nitrogen and oxygen atoms in total. The van der Waals surface area contributed by atoms with Gasteiger partial charge in [-0.3, -0.25) is 0 Å². The van der Waals surface area contributed by atoms with Gasteiger partial charge in [0.05, 0.1) is 5.56 Å². The molecule has 2 N–H and O–H groups in total. The lowest BCUT2D eigenvalue weighted by molar-refractivity contribution is -0.137. The lowest BCUT2D eigenvalue weighted by atomic mass is 10.1. The van der Waals surface area contributed by atoms with E-state index in [-0.39, 0.29) is 0 Å². The Morgan fingerprint density at radius 3 is 2.58 bits per heavy atom. The van der Waals surface area contributed by atoms with Gasteiger partial charge in [-0.25, -0.2) is 0 Å². The van der Waals surface area contributed by atoms with Gasteiger partial charge in [0.2, 0.25) is 0 Å². The molecule has 0 amide bonds. The van der Waals surface area contributed by atoms with E-state index in [4.69, 9.17) is 5.73 Å². The Balaban J connectivity index is 2.21. The molecule has 0 atom stereocenters. The van der Waals surface area contributed by atoms with Crippen LogP contribution in [0.15, 0.2) is 42.6 Å². The van der Waals surface area contributed by atoms with Crippen molar-refractivity contribution >= 4 is 0 Å². The molecule has 1 aromatic heterocycles. The van der Waals surface area contributed by atoms with Gasteiger partial charge in [0, 0.05) is 18.4 Å². The van der Waals surface area contributed by atoms with E-state index in [0.717, 1.165) is 11.8 Å². The Bertz CT molecular complexity index is 544. The highest BCUT2D eigenvalue weighted by molar-refractivity contribution is 5.26. The molecule has 0 saturated heterocycles. The summed E-state index contributed by atoms with van der Waals surface area (Å²) in [7, 11) is 0. The molecule has 102 valence electrons. The SMILES string of the molecule is NCCc1cccn1Cc1cccc(C(F)(F)F)c1. The van der Waals surface area contributed by atoms with Crippen molar-refractivity contribution in [1.82, 2.24) is 4.57 Å². The zero-order chi connectivity index (χ0) is 13.9. The van der Waals surface area contributed by atoms with E-state index >= 15 is 0 Å². The Labute approximate surface area is 109 Å². The van der Waals surface area contributed by atoms with Crippen LogP contribution in [0, 0.1) is 0 Å². The van der Waals surface area contributed by atoms with E-state index < -0.39 is 11.7 Å². The Morgan fingerprint density at radius 2 is 1.89 bits per heavy atom. The summed E-state index contributed by atoms with van der Waals surface area (Å²) >= 11 is 0. The summed E-state index contributed by atoms with van der Waals surface area (Å²) in [4.78, 5) is 0. The molecular weight excluding hydrogens is 253 g/mol. The highest BCUT2D eigenvalue weighted by Crippen LogP contribution is 2.29. The van der Waals surface area contributed by atoms with Crippen molar-refractivity contribution in [2.45, 2.75) is 19.1 Å². The maximum atomic E-state index is 12.6. The molecule has 5 heteroatoms. The number of alkyl halides is 3. The second-order valence-corrected chi connectivity index (χ2v) is 4.36. The van der Waals surface area contributed by atoms with Crippen LogP contribution in [0.2, 0.25) is 0 Å². The zero-order valence-corrected chi connectivity index (χ0v) is 10.3. The minimum atomic E-state index is -4.30. The predicted octanol–water partition coefficient (Wildman–Crippen LogP) is 3.06. The van der Waals surface area contributed by atoms with Gasteiger partial charge in [-0.1, -0.05) is 12.1 Å². The first-order valence-electron chi connectivity index (χ1n) is 6.01. The summed E-state index contributed by atoms with van der Waals surface area (Å²) in [5, 5.41) is 0. The first kappa shape index (κ1) is 13.7. The second kappa shape index (κ2) is 5.48. The fourth-order valence-corrected chi connectivity index (χ4v) is 2.02. The average Bonchev–Trinajstić information content (AvgIpc) is 2.77. The highest BCUT2D eigenvalue weighted by atomic mass is 19.4. The highest BCUT2D eigenvalue weighted by Gasteiger charge is 2.30. The van der Waals surface area contributed by atoms with Crippen molar-refractivity contribution in [3.05, 3.63) is 59.4 Å². The van der Waals surface area contributed by atoms with Gasteiger partial charge in [0.25, 0.3) is 0 Å². The van der Waals surface area contributed by atoms with Crippen LogP contribution in [-0.4, -0.2) is 11.1 Å². The van der Waals surface area contributed by atoms with E-state index in [2.05, 4.69) is 0 Å². The topological polar surface area (TPSA) is 30.9 Å². The Kier molecular flexibility index (Phi) is 3.95. The van der Waals surface area contributed by atoms with Crippen molar-refractivity contribution in [1.29, 1.82) is 0 Å². The summed E-state index contributed by atoms with van der Waals surface area (Å²) in [5.41, 5.74) is 6.54. The first-order valence-corrected chi connectivity index (χ1v) is 6.01. The van der Waals surface area contributed by atoms with E-state index in [9.17, 15) is 13.2 Å². The van der Waals surface area contributed by atoms with Gasteiger partial charge < -0.3 is 10.3 Å². The second-order valence-electron chi connectivity index (χ2n) is 4.36. The molecule has 19 heavy (non-hydrogen) atoms. The number of hydrogen-bond acceptors (Lipinski definition) is 1. The van der Waals surface area contributed by atoms with E-state index in [1.54, 1.807) is 6.07 Å². The normalized spacial score (nSPS) is 11.8. The molecule has 0 aliphatic rings. The minimum absolute atomic E-state index is 0.423. The maximum absolute atomic E-state index is 12.6. The maximum Gasteiger partial charge on any atom is 0.416 e. The third-order valence-corrected chi connectivity index (χ3v) is 2.93. The minimum Gasteiger partial charge on any atom is -0.347 e. The van der Waals surface area contributed by atoms with Crippen LogP contribution >= 0.6 is 0 Å². The molecule has 2 aromatic rings. The van der Waals surface area contributed by atoms with Crippen molar-refractivity contribution in [2.75, 3.05) is 6.54 Å². The van der Waals surface area contributed by atoms with Crippen molar-refractivity contribution < 1.29 is 13.2 Å². The summed E-state index contributed by atoms with van der Waals surface area (Å²) in [6.45, 7) is 0.943. The number of rotatable bonds is 4. The molecule has 1 heterocycles. The Morgan fingerprint density at radius 1 is 1.11 bits per heavy atom. The van der Waals surface area contributed by atoms with Gasteiger partial charge in [-0.15, -0.1) is 0 Å². The molecule has 2 rings (SSSR count). The smallest absolute Gasteiger partial charge is 0.347 e. The van der Waals surface area contributed by atoms with Crippen molar-refractivity contribution in [3.63, 3.8) is 0 Å². The third-order valence-electron chi connectivity index (χ3n) is 2.93. The van der Waals surface area contributed by atoms with Gasteiger partial charge in [-0.05, 0) is 42.8 Å². The lowest BCUT2D eigenvalue weighted by Gasteiger charge is -2.11. The summed E-state index contributed by atoms with van der Waals surface area (Å²) < 4.78 is 39.8. The van der Waals surface area contributed by atoms with Crippen LogP contribution in [0.1, 0.15) is 16.8 Å². The summed E-state index contributed by atoms with van der Waals surface area (Å²) in [6, 6.07) is 9.21. The van der Waals surface area contributed by atoms with Crippen LogP contribution in [0.25, 0.3) is 0 Å². The summed E-state index contributed by atoms with van der Waals surface area (Å²) in [5.74, 6) is 0. The number of nitrogens with two attached hydrogens (primary N) is 1. The number of hydrogen-bond donors (Lipinski definition) is 1. The Hall–Kier alpha value is -1.75. The first-order chi connectivity index (χ1) is 9.00. The van der Waals surface area contributed by atoms with Crippen LogP contribution in [0.4, 0.5) is 13.2 Å². The van der Waals surface area contributed by atoms with E-state index in [0.29, 0.717) is 25.1 Å². The van der Waals surface area contributed by atoms with Crippen LogP contribution in [0.3, 0.4) is 0 Å². The van der Waals surface area contributed by atoms with Crippen LogP contribution < -0.4 is 5.73 Å². The number of halogens is 3. The average molecular weight is 268 g/mol. The number of benzene rings is 1. The predicted molar refractivity (Wildman–Crippen MR) is 67.7 cm³/mol. The molecule has 0 aliphatic heterocycles. The fraction of sp³-hybridized carbons (Fsp3) is 0.286. The standard InChI is InChI=1S/C14H15F3N2/c15-14(16,17)12-4-1-3-11(9-12)10-19-8-2-5-13(19)6-7-18/h1-5,8-9H,6-7,10,18H2. The van der Waals surface area contributed by atoms with Gasteiger partial charge in [0.15, 0.2) is 0 Å². The van der Waals surface area contributed by atoms with Gasteiger partial charge in [-0.2, -0.15) is 13.2 Å². The third kappa shape index (κ3) is 3.38. The number of aromatic nitrogens is 1. The van der Waals surface area contributed by atoms with Gasteiger partial charge in [0.1, 0.15) is 0 Å². The monoisotopic (exact) mass is 268 g/mol. The van der Waals surface area contributed by atoms with Crippen molar-refractivity contribution in [2.24, 2.45) is 5.73 Å². The molecule has 0 aliphatic carbocycles. The number of nitrogens with zero attached hydrogens (tertiary/aromatic N) is 1. The molecule has 0 fully saturated rings.